The fourth-order valence-electron chi connectivity index (χ4n) is 3.06. The summed E-state index contributed by atoms with van der Waals surface area (Å²) in [5, 5.41) is 3.07. The van der Waals surface area contributed by atoms with Gasteiger partial charge in [0.1, 0.15) is 0 Å². The van der Waals surface area contributed by atoms with E-state index in [-0.39, 0.29) is 24.4 Å². The van der Waals surface area contributed by atoms with E-state index >= 15 is 0 Å². The Kier molecular flexibility index (Phi) is 7.20. The maximum Gasteiger partial charge on any atom is 0.224 e. The van der Waals surface area contributed by atoms with Gasteiger partial charge in [0.05, 0.1) is 6.04 Å². The number of carbonyl (C=O) groups is 1. The molecule has 1 unspecified atom stereocenters. The van der Waals surface area contributed by atoms with Crippen molar-refractivity contribution in [1.29, 1.82) is 0 Å². The van der Waals surface area contributed by atoms with Crippen LogP contribution in [-0.4, -0.2) is 30.9 Å². The van der Waals surface area contributed by atoms with Gasteiger partial charge < -0.3 is 10.2 Å². The fourth-order valence-corrected chi connectivity index (χ4v) is 3.06. The number of halogens is 1. The number of piperidine rings is 1. The minimum Gasteiger partial charge on any atom is -0.336 e. The molecule has 1 atom stereocenters. The minimum atomic E-state index is 0. The zero-order valence-electron chi connectivity index (χ0n) is 13.3. The smallest absolute Gasteiger partial charge is 0.224 e. The summed E-state index contributed by atoms with van der Waals surface area (Å²) in [6, 6.07) is 6.72. The van der Waals surface area contributed by atoms with Crippen LogP contribution in [0.15, 0.2) is 18.2 Å². The Hall–Kier alpha value is -1.06. The molecule has 1 aromatic carbocycles. The number of nitrogens with zero attached hydrogens (tertiary/aromatic N) is 1. The average molecular weight is 311 g/mol. The van der Waals surface area contributed by atoms with Crippen LogP contribution >= 0.6 is 12.4 Å². The van der Waals surface area contributed by atoms with Crippen LogP contribution < -0.4 is 5.32 Å². The highest BCUT2D eigenvalue weighted by Gasteiger charge is 2.28. The quantitative estimate of drug-likeness (QED) is 0.924. The molecule has 2 rings (SSSR count). The van der Waals surface area contributed by atoms with Crippen molar-refractivity contribution in [3.05, 3.63) is 34.9 Å². The number of rotatable bonds is 4. The van der Waals surface area contributed by atoms with Gasteiger partial charge in [-0.15, -0.1) is 12.4 Å². The molecule has 0 aliphatic carbocycles. The van der Waals surface area contributed by atoms with E-state index in [0.29, 0.717) is 6.42 Å². The molecule has 1 fully saturated rings. The molecule has 1 heterocycles. The van der Waals surface area contributed by atoms with Crippen LogP contribution in [-0.2, 0) is 4.79 Å². The zero-order valence-corrected chi connectivity index (χ0v) is 14.1. The number of carbonyl (C=O) groups excluding carboxylic acids is 1. The Morgan fingerprint density at radius 1 is 1.33 bits per heavy atom. The Morgan fingerprint density at radius 3 is 2.81 bits per heavy atom. The first kappa shape index (κ1) is 18.0. The van der Waals surface area contributed by atoms with Gasteiger partial charge in [-0.25, -0.2) is 0 Å². The monoisotopic (exact) mass is 310 g/mol. The summed E-state index contributed by atoms with van der Waals surface area (Å²) in [6.07, 6.45) is 4.04. The molecule has 0 radical (unpaired) electrons. The summed E-state index contributed by atoms with van der Waals surface area (Å²) in [7, 11) is 1.89. The predicted molar refractivity (Wildman–Crippen MR) is 90.0 cm³/mol. The Morgan fingerprint density at radius 2 is 2.10 bits per heavy atom. The number of nitrogens with one attached hydrogen (secondary N) is 1. The van der Waals surface area contributed by atoms with Crippen LogP contribution in [0.1, 0.15) is 48.4 Å². The lowest BCUT2D eigenvalue weighted by atomic mass is 9.90. The van der Waals surface area contributed by atoms with Gasteiger partial charge in [0.2, 0.25) is 5.91 Å². The number of hydrogen-bond donors (Lipinski definition) is 1. The van der Waals surface area contributed by atoms with Crippen molar-refractivity contribution in [2.24, 2.45) is 0 Å². The molecule has 118 valence electrons. The van der Waals surface area contributed by atoms with E-state index in [2.05, 4.69) is 42.3 Å². The first-order chi connectivity index (χ1) is 9.65. The van der Waals surface area contributed by atoms with Crippen molar-refractivity contribution in [1.82, 2.24) is 10.2 Å². The first-order valence-electron chi connectivity index (χ1n) is 7.65. The van der Waals surface area contributed by atoms with Gasteiger partial charge in [-0.1, -0.05) is 18.2 Å². The maximum absolute atomic E-state index is 12.4. The van der Waals surface area contributed by atoms with Gasteiger partial charge in [0.25, 0.3) is 0 Å². The third-order valence-electron chi connectivity index (χ3n) is 4.42. The topological polar surface area (TPSA) is 32.3 Å². The van der Waals surface area contributed by atoms with Gasteiger partial charge in [0, 0.05) is 19.5 Å². The van der Waals surface area contributed by atoms with E-state index in [4.69, 9.17) is 0 Å². The second kappa shape index (κ2) is 8.40. The van der Waals surface area contributed by atoms with Crippen molar-refractivity contribution in [3.63, 3.8) is 0 Å². The van der Waals surface area contributed by atoms with Crippen molar-refractivity contribution in [3.8, 4) is 0 Å². The second-order valence-electron chi connectivity index (χ2n) is 5.74. The molecule has 3 nitrogen and oxygen atoms in total. The van der Waals surface area contributed by atoms with Gasteiger partial charge in [0.15, 0.2) is 0 Å². The maximum atomic E-state index is 12.4. The molecule has 1 amide bonds. The summed E-state index contributed by atoms with van der Waals surface area (Å²) in [5.74, 6) is 0.282. The summed E-state index contributed by atoms with van der Waals surface area (Å²) in [5.41, 5.74) is 3.99. The van der Waals surface area contributed by atoms with Crippen molar-refractivity contribution < 1.29 is 4.79 Å². The predicted octanol–water partition coefficient (Wildman–Crippen LogP) is 3.39. The molecule has 1 aromatic rings. The number of likely N-dealkylation sites (tertiary alicyclic amines) is 1. The summed E-state index contributed by atoms with van der Waals surface area (Å²) < 4.78 is 0. The van der Waals surface area contributed by atoms with Crippen molar-refractivity contribution in [2.75, 3.05) is 20.1 Å². The van der Waals surface area contributed by atoms with E-state index in [1.54, 1.807) is 0 Å². The van der Waals surface area contributed by atoms with Crippen LogP contribution in [0.2, 0.25) is 0 Å². The van der Waals surface area contributed by atoms with Crippen LogP contribution in [0.3, 0.4) is 0 Å². The average Bonchev–Trinajstić information content (AvgIpc) is 2.47. The fraction of sp³-hybridized carbons (Fsp3) is 0.588. The van der Waals surface area contributed by atoms with Gasteiger partial charge >= 0.3 is 0 Å². The van der Waals surface area contributed by atoms with E-state index in [1.807, 2.05) is 7.05 Å². The molecular formula is C17H27ClN2O. The van der Waals surface area contributed by atoms with E-state index in [9.17, 15) is 4.79 Å². The minimum absolute atomic E-state index is 0. The Bertz CT molecular complexity index is 476. The first-order valence-corrected chi connectivity index (χ1v) is 7.65. The van der Waals surface area contributed by atoms with Crippen molar-refractivity contribution >= 4 is 18.3 Å². The normalized spacial score (nSPS) is 18.2. The standard InChI is InChI=1S/C17H26N2O.ClH/c1-13-7-6-8-15(14(13)2)16-9-4-5-12-19(16)17(20)10-11-18-3;/h6-8,16,18H,4-5,9-12H2,1-3H3;1H. The van der Waals surface area contributed by atoms with Crippen molar-refractivity contribution in [2.45, 2.75) is 45.6 Å². The van der Waals surface area contributed by atoms with Crippen LogP contribution in [0.25, 0.3) is 0 Å². The Labute approximate surface area is 134 Å². The lowest BCUT2D eigenvalue weighted by Gasteiger charge is -2.37. The molecular weight excluding hydrogens is 284 g/mol. The number of benzene rings is 1. The Balaban J connectivity index is 0.00000220. The summed E-state index contributed by atoms with van der Waals surface area (Å²) in [6.45, 7) is 5.99. The highest BCUT2D eigenvalue weighted by atomic mass is 35.5. The van der Waals surface area contributed by atoms with Gasteiger partial charge in [-0.05, 0) is 56.8 Å². The molecule has 0 saturated carbocycles. The lowest BCUT2D eigenvalue weighted by Crippen LogP contribution is -2.39. The molecule has 1 N–H and O–H groups in total. The molecule has 0 aromatic heterocycles. The molecule has 0 spiro atoms. The third-order valence-corrected chi connectivity index (χ3v) is 4.42. The third kappa shape index (κ3) is 4.21. The molecule has 0 bridgehead atoms. The SMILES string of the molecule is CNCCC(=O)N1CCCCC1c1cccc(C)c1C.Cl. The van der Waals surface area contributed by atoms with E-state index in [1.165, 1.54) is 23.1 Å². The zero-order chi connectivity index (χ0) is 14.5. The molecule has 1 saturated heterocycles. The lowest BCUT2D eigenvalue weighted by molar-refractivity contribution is -0.135. The molecule has 1 aliphatic rings. The van der Waals surface area contributed by atoms with Crippen LogP contribution in [0.4, 0.5) is 0 Å². The highest BCUT2D eigenvalue weighted by Crippen LogP contribution is 2.33. The highest BCUT2D eigenvalue weighted by molar-refractivity contribution is 5.85. The number of aryl methyl sites for hydroxylation is 1. The number of amides is 1. The van der Waals surface area contributed by atoms with E-state index in [0.717, 1.165) is 25.9 Å². The second-order valence-corrected chi connectivity index (χ2v) is 5.74. The number of hydrogen-bond acceptors (Lipinski definition) is 2. The largest absolute Gasteiger partial charge is 0.336 e. The molecule has 21 heavy (non-hydrogen) atoms. The van der Waals surface area contributed by atoms with Crippen LogP contribution in [0.5, 0.6) is 0 Å². The van der Waals surface area contributed by atoms with Gasteiger partial charge in [-0.2, -0.15) is 0 Å². The molecule has 1 aliphatic heterocycles. The van der Waals surface area contributed by atoms with Crippen LogP contribution in [0, 0.1) is 13.8 Å². The van der Waals surface area contributed by atoms with E-state index < -0.39 is 0 Å². The van der Waals surface area contributed by atoms with Gasteiger partial charge in [-0.3, -0.25) is 4.79 Å². The summed E-state index contributed by atoms with van der Waals surface area (Å²) >= 11 is 0. The summed E-state index contributed by atoms with van der Waals surface area (Å²) in [4.78, 5) is 14.5. The molecule has 4 heteroatoms.